The SMILES string of the molecule is COc1cccc2c1C(=O)O[C@@H](Cc1cn(Cc3ccccc3)nn1)CCCC/C=C/C2. The minimum absolute atomic E-state index is 0.259. The molecule has 1 aliphatic rings. The van der Waals surface area contributed by atoms with Crippen LogP contribution < -0.4 is 4.74 Å². The van der Waals surface area contributed by atoms with Gasteiger partial charge in [0.1, 0.15) is 17.4 Å². The van der Waals surface area contributed by atoms with Gasteiger partial charge in [-0.25, -0.2) is 9.48 Å². The highest BCUT2D eigenvalue weighted by Gasteiger charge is 2.23. The summed E-state index contributed by atoms with van der Waals surface area (Å²) in [5.41, 5.74) is 3.42. The topological polar surface area (TPSA) is 66.2 Å². The van der Waals surface area contributed by atoms with E-state index in [4.69, 9.17) is 9.47 Å². The Morgan fingerprint density at radius 2 is 1.97 bits per heavy atom. The molecule has 0 bridgehead atoms. The van der Waals surface area contributed by atoms with Gasteiger partial charge in [-0.15, -0.1) is 5.10 Å². The molecule has 32 heavy (non-hydrogen) atoms. The van der Waals surface area contributed by atoms with Crippen LogP contribution in [0.2, 0.25) is 0 Å². The van der Waals surface area contributed by atoms with Crippen molar-refractivity contribution >= 4 is 5.97 Å². The van der Waals surface area contributed by atoms with E-state index in [1.165, 1.54) is 0 Å². The fraction of sp³-hybridized carbons (Fsp3) is 0.346. The molecule has 0 unspecified atom stereocenters. The molecule has 166 valence electrons. The lowest BCUT2D eigenvalue weighted by Crippen LogP contribution is -2.22. The minimum Gasteiger partial charge on any atom is -0.496 e. The molecule has 0 N–H and O–H groups in total. The van der Waals surface area contributed by atoms with Gasteiger partial charge in [-0.05, 0) is 49.3 Å². The number of benzene rings is 2. The summed E-state index contributed by atoms with van der Waals surface area (Å²) in [5.74, 6) is 0.207. The van der Waals surface area contributed by atoms with Crippen LogP contribution in [-0.4, -0.2) is 34.2 Å². The van der Waals surface area contributed by atoms with Crippen molar-refractivity contribution in [2.24, 2.45) is 0 Å². The van der Waals surface area contributed by atoms with E-state index in [0.717, 1.165) is 42.5 Å². The fourth-order valence-corrected chi connectivity index (χ4v) is 4.04. The molecular weight excluding hydrogens is 402 g/mol. The van der Waals surface area contributed by atoms with Gasteiger partial charge in [0.15, 0.2) is 0 Å². The third kappa shape index (κ3) is 5.63. The number of rotatable bonds is 5. The lowest BCUT2D eigenvalue weighted by Gasteiger charge is -2.19. The summed E-state index contributed by atoms with van der Waals surface area (Å²) in [7, 11) is 1.58. The number of ether oxygens (including phenoxy) is 2. The third-order valence-corrected chi connectivity index (χ3v) is 5.67. The maximum atomic E-state index is 13.2. The summed E-state index contributed by atoms with van der Waals surface area (Å²) in [4.78, 5) is 13.2. The Kier molecular flexibility index (Phi) is 7.33. The van der Waals surface area contributed by atoms with Crippen LogP contribution in [0.5, 0.6) is 5.75 Å². The zero-order valence-corrected chi connectivity index (χ0v) is 18.4. The van der Waals surface area contributed by atoms with E-state index in [9.17, 15) is 4.79 Å². The highest BCUT2D eigenvalue weighted by Crippen LogP contribution is 2.26. The number of hydrogen-bond donors (Lipinski definition) is 0. The summed E-state index contributed by atoms with van der Waals surface area (Å²) in [5, 5.41) is 8.58. The molecule has 1 aliphatic heterocycles. The van der Waals surface area contributed by atoms with Gasteiger partial charge >= 0.3 is 5.97 Å². The first-order chi connectivity index (χ1) is 15.7. The van der Waals surface area contributed by atoms with E-state index >= 15 is 0 Å². The number of hydrogen-bond acceptors (Lipinski definition) is 5. The van der Waals surface area contributed by atoms with Gasteiger partial charge in [0, 0.05) is 12.6 Å². The van der Waals surface area contributed by atoms with Crippen LogP contribution in [0, 0.1) is 0 Å². The molecule has 0 saturated heterocycles. The number of carbonyl (C=O) groups is 1. The molecule has 1 atom stereocenters. The van der Waals surface area contributed by atoms with Crippen molar-refractivity contribution in [3.8, 4) is 5.75 Å². The van der Waals surface area contributed by atoms with E-state index in [0.29, 0.717) is 30.7 Å². The quantitative estimate of drug-likeness (QED) is 0.430. The Morgan fingerprint density at radius 3 is 2.81 bits per heavy atom. The second-order valence-electron chi connectivity index (χ2n) is 8.08. The molecule has 6 nitrogen and oxygen atoms in total. The largest absolute Gasteiger partial charge is 0.496 e. The van der Waals surface area contributed by atoms with Gasteiger partial charge in [-0.1, -0.05) is 59.8 Å². The van der Waals surface area contributed by atoms with Crippen LogP contribution in [0.1, 0.15) is 52.9 Å². The normalized spacial score (nSPS) is 18.0. The molecule has 2 aromatic carbocycles. The molecule has 0 saturated carbocycles. The summed E-state index contributed by atoms with van der Waals surface area (Å²) in [6.07, 6.45) is 11.1. The number of cyclic esters (lactones) is 1. The Morgan fingerprint density at radius 1 is 1.09 bits per heavy atom. The average Bonchev–Trinajstić information content (AvgIpc) is 3.24. The molecule has 4 rings (SSSR count). The second kappa shape index (κ2) is 10.8. The van der Waals surface area contributed by atoms with Crippen molar-refractivity contribution in [2.45, 2.75) is 51.2 Å². The predicted molar refractivity (Wildman–Crippen MR) is 123 cm³/mol. The predicted octanol–water partition coefficient (Wildman–Crippen LogP) is 4.78. The van der Waals surface area contributed by atoms with Crippen molar-refractivity contribution in [2.75, 3.05) is 7.11 Å². The Bertz CT molecular complexity index is 1060. The first kappa shape index (κ1) is 21.8. The highest BCUT2D eigenvalue weighted by atomic mass is 16.5. The maximum absolute atomic E-state index is 13.2. The van der Waals surface area contributed by atoms with E-state index in [1.54, 1.807) is 13.2 Å². The lowest BCUT2D eigenvalue weighted by molar-refractivity contribution is 0.0271. The van der Waals surface area contributed by atoms with E-state index < -0.39 is 0 Å². The van der Waals surface area contributed by atoms with E-state index in [1.807, 2.05) is 41.2 Å². The Balaban J connectivity index is 1.51. The summed E-state index contributed by atoms with van der Waals surface area (Å²) >= 11 is 0. The van der Waals surface area contributed by atoms with Crippen LogP contribution in [0.15, 0.2) is 66.9 Å². The number of methoxy groups -OCH3 is 1. The van der Waals surface area contributed by atoms with Gasteiger partial charge in [0.2, 0.25) is 0 Å². The van der Waals surface area contributed by atoms with Crippen molar-refractivity contribution in [3.05, 3.63) is 89.3 Å². The monoisotopic (exact) mass is 431 g/mol. The standard InChI is InChI=1S/C26H29N3O3/c1-31-24-16-10-14-21-13-8-3-2-4-9-15-23(32-26(30)25(21)24)17-22-19-29(28-27-22)18-20-11-6-5-7-12-20/h3,5-8,10-12,14,16,19,23H,2,4,9,13,15,17-18H2,1H3/b8-3+/t23-/m1/s1. The summed E-state index contributed by atoms with van der Waals surface area (Å²) in [6, 6.07) is 15.8. The number of allylic oxidation sites excluding steroid dienone is 2. The van der Waals surface area contributed by atoms with Gasteiger partial charge in [-0.3, -0.25) is 0 Å². The number of fused-ring (bicyclic) bond motifs is 1. The first-order valence-electron chi connectivity index (χ1n) is 11.2. The van der Waals surface area contributed by atoms with Crippen LogP contribution in [-0.2, 0) is 24.1 Å². The third-order valence-electron chi connectivity index (χ3n) is 5.67. The molecule has 2 heterocycles. The van der Waals surface area contributed by atoms with E-state index in [2.05, 4.69) is 34.6 Å². The van der Waals surface area contributed by atoms with Gasteiger partial charge < -0.3 is 9.47 Å². The molecule has 6 heteroatoms. The highest BCUT2D eigenvalue weighted by molar-refractivity contribution is 5.94. The average molecular weight is 432 g/mol. The van der Waals surface area contributed by atoms with Crippen molar-refractivity contribution < 1.29 is 14.3 Å². The lowest BCUT2D eigenvalue weighted by atomic mass is 10.0. The Hall–Kier alpha value is -3.41. The molecule has 0 fully saturated rings. The second-order valence-corrected chi connectivity index (χ2v) is 8.08. The van der Waals surface area contributed by atoms with Crippen LogP contribution in [0.4, 0.5) is 0 Å². The van der Waals surface area contributed by atoms with Crippen molar-refractivity contribution in [1.82, 2.24) is 15.0 Å². The number of nitrogens with zero attached hydrogens (tertiary/aromatic N) is 3. The summed E-state index contributed by atoms with van der Waals surface area (Å²) in [6.45, 7) is 0.662. The van der Waals surface area contributed by atoms with Gasteiger partial charge in [0.25, 0.3) is 0 Å². The Labute approximate surface area is 188 Å². The van der Waals surface area contributed by atoms with Crippen molar-refractivity contribution in [1.29, 1.82) is 0 Å². The van der Waals surface area contributed by atoms with Crippen molar-refractivity contribution in [3.63, 3.8) is 0 Å². The van der Waals surface area contributed by atoms with Crippen LogP contribution in [0.3, 0.4) is 0 Å². The van der Waals surface area contributed by atoms with Crippen LogP contribution >= 0.6 is 0 Å². The zero-order valence-electron chi connectivity index (χ0n) is 18.4. The number of esters is 1. The smallest absolute Gasteiger partial charge is 0.342 e. The molecule has 0 amide bonds. The van der Waals surface area contributed by atoms with Crippen LogP contribution in [0.25, 0.3) is 0 Å². The molecule has 0 aliphatic carbocycles. The maximum Gasteiger partial charge on any atom is 0.342 e. The van der Waals surface area contributed by atoms with Gasteiger partial charge in [0.05, 0.1) is 19.3 Å². The van der Waals surface area contributed by atoms with E-state index in [-0.39, 0.29) is 12.1 Å². The number of aromatic nitrogens is 3. The molecule has 3 aromatic rings. The zero-order chi connectivity index (χ0) is 22.2. The fourth-order valence-electron chi connectivity index (χ4n) is 4.04. The molecule has 0 radical (unpaired) electrons. The first-order valence-corrected chi connectivity index (χ1v) is 11.2. The molecular formula is C26H29N3O3. The molecule has 1 aromatic heterocycles. The number of carbonyl (C=O) groups excluding carboxylic acids is 1. The minimum atomic E-state index is -0.340. The van der Waals surface area contributed by atoms with Gasteiger partial charge in [-0.2, -0.15) is 0 Å². The summed E-state index contributed by atoms with van der Waals surface area (Å²) < 4.78 is 13.3. The molecule has 0 spiro atoms.